The second kappa shape index (κ2) is 5.13. The van der Waals surface area contributed by atoms with Gasteiger partial charge in [0.05, 0.1) is 24.4 Å². The Labute approximate surface area is 121 Å². The molecule has 3 rings (SSSR count). The first kappa shape index (κ1) is 12.9. The van der Waals surface area contributed by atoms with Gasteiger partial charge in [-0.05, 0) is 42.8 Å². The molecule has 4 heteroatoms. The van der Waals surface area contributed by atoms with Gasteiger partial charge in [0.2, 0.25) is 0 Å². The molecule has 0 atom stereocenters. The molecular formula is C16H15NO2S. The van der Waals surface area contributed by atoms with Gasteiger partial charge in [0.15, 0.2) is 11.5 Å². The van der Waals surface area contributed by atoms with Gasteiger partial charge in [-0.15, -0.1) is 11.3 Å². The van der Waals surface area contributed by atoms with Crippen molar-refractivity contribution in [2.45, 2.75) is 6.92 Å². The van der Waals surface area contributed by atoms with Crippen molar-refractivity contribution in [3.63, 3.8) is 0 Å². The number of aromatic nitrogens is 1. The second-order valence-corrected chi connectivity index (χ2v) is 5.59. The van der Waals surface area contributed by atoms with Crippen LogP contribution >= 0.6 is 11.3 Å². The Hall–Kier alpha value is -2.07. The third kappa shape index (κ3) is 2.23. The van der Waals surface area contributed by atoms with E-state index in [-0.39, 0.29) is 0 Å². The van der Waals surface area contributed by atoms with E-state index in [1.807, 2.05) is 18.2 Å². The van der Waals surface area contributed by atoms with Gasteiger partial charge < -0.3 is 9.47 Å². The Morgan fingerprint density at radius 2 is 1.75 bits per heavy atom. The number of ether oxygens (including phenoxy) is 2. The van der Waals surface area contributed by atoms with Crippen LogP contribution in [0.15, 0.2) is 36.4 Å². The molecule has 3 nitrogen and oxygen atoms in total. The zero-order valence-electron chi connectivity index (χ0n) is 11.6. The molecule has 20 heavy (non-hydrogen) atoms. The Bertz CT molecular complexity index is 764. The summed E-state index contributed by atoms with van der Waals surface area (Å²) in [6.07, 6.45) is 0. The van der Waals surface area contributed by atoms with Crippen molar-refractivity contribution in [3.05, 3.63) is 42.0 Å². The van der Waals surface area contributed by atoms with Crippen LogP contribution in [0.3, 0.4) is 0 Å². The highest BCUT2D eigenvalue weighted by Crippen LogP contribution is 2.35. The van der Waals surface area contributed by atoms with Crippen LogP contribution in [0.2, 0.25) is 0 Å². The lowest BCUT2D eigenvalue weighted by atomic mass is 10.2. The third-order valence-electron chi connectivity index (χ3n) is 3.17. The van der Waals surface area contributed by atoms with Gasteiger partial charge in [0.1, 0.15) is 5.01 Å². The highest BCUT2D eigenvalue weighted by Gasteiger charge is 2.10. The molecule has 0 fully saturated rings. The summed E-state index contributed by atoms with van der Waals surface area (Å²) in [6.45, 7) is 2.09. The van der Waals surface area contributed by atoms with E-state index in [1.54, 1.807) is 25.6 Å². The van der Waals surface area contributed by atoms with Crippen molar-refractivity contribution < 1.29 is 9.47 Å². The topological polar surface area (TPSA) is 31.4 Å². The van der Waals surface area contributed by atoms with Crippen LogP contribution < -0.4 is 9.47 Å². The van der Waals surface area contributed by atoms with Gasteiger partial charge in [0.25, 0.3) is 0 Å². The SMILES string of the molecule is COc1ccc(-c2nc3ccc(C)cc3s2)cc1OC. The molecule has 0 aliphatic heterocycles. The van der Waals surface area contributed by atoms with Crippen LogP contribution in [0.25, 0.3) is 20.8 Å². The largest absolute Gasteiger partial charge is 0.493 e. The van der Waals surface area contributed by atoms with Gasteiger partial charge in [0, 0.05) is 5.56 Å². The van der Waals surface area contributed by atoms with Crippen molar-refractivity contribution in [2.24, 2.45) is 0 Å². The molecule has 0 radical (unpaired) electrons. The van der Waals surface area contributed by atoms with E-state index in [2.05, 4.69) is 30.1 Å². The number of thiazole rings is 1. The van der Waals surface area contributed by atoms with E-state index in [4.69, 9.17) is 9.47 Å². The fraction of sp³-hybridized carbons (Fsp3) is 0.188. The maximum Gasteiger partial charge on any atom is 0.161 e. The first-order chi connectivity index (χ1) is 9.71. The lowest BCUT2D eigenvalue weighted by molar-refractivity contribution is 0.355. The normalized spacial score (nSPS) is 10.8. The molecule has 0 unspecified atom stereocenters. The van der Waals surface area contributed by atoms with Crippen LogP contribution in [0.1, 0.15) is 5.56 Å². The van der Waals surface area contributed by atoms with Gasteiger partial charge >= 0.3 is 0 Å². The molecule has 0 aliphatic carbocycles. The van der Waals surface area contributed by atoms with Crippen molar-refractivity contribution in [1.82, 2.24) is 4.98 Å². The molecule has 0 saturated carbocycles. The summed E-state index contributed by atoms with van der Waals surface area (Å²) in [5, 5.41) is 0.992. The molecule has 1 aromatic heterocycles. The summed E-state index contributed by atoms with van der Waals surface area (Å²) >= 11 is 1.69. The Morgan fingerprint density at radius 3 is 2.50 bits per heavy atom. The van der Waals surface area contributed by atoms with Crippen molar-refractivity contribution in [2.75, 3.05) is 14.2 Å². The van der Waals surface area contributed by atoms with Crippen LogP contribution in [0.5, 0.6) is 11.5 Å². The van der Waals surface area contributed by atoms with E-state index in [0.717, 1.165) is 27.6 Å². The minimum atomic E-state index is 0.723. The van der Waals surface area contributed by atoms with Crippen molar-refractivity contribution >= 4 is 21.6 Å². The standard InChI is InChI=1S/C16H15NO2S/c1-10-4-6-12-15(8-10)20-16(17-12)11-5-7-13(18-2)14(9-11)19-3/h4-9H,1-3H3. The summed E-state index contributed by atoms with van der Waals surface area (Å²) in [4.78, 5) is 4.68. The fourth-order valence-electron chi connectivity index (χ4n) is 2.12. The number of nitrogens with zero attached hydrogens (tertiary/aromatic N) is 1. The zero-order chi connectivity index (χ0) is 14.1. The summed E-state index contributed by atoms with van der Waals surface area (Å²) in [7, 11) is 3.28. The molecule has 0 bridgehead atoms. The number of aryl methyl sites for hydroxylation is 1. The fourth-order valence-corrected chi connectivity index (χ4v) is 3.18. The molecule has 0 amide bonds. The monoisotopic (exact) mass is 285 g/mol. The van der Waals surface area contributed by atoms with Gasteiger partial charge in [-0.1, -0.05) is 6.07 Å². The lowest BCUT2D eigenvalue weighted by Gasteiger charge is -2.08. The Balaban J connectivity index is 2.10. The molecular weight excluding hydrogens is 270 g/mol. The van der Waals surface area contributed by atoms with Gasteiger partial charge in [-0.3, -0.25) is 0 Å². The first-order valence-electron chi connectivity index (χ1n) is 6.31. The van der Waals surface area contributed by atoms with E-state index in [1.165, 1.54) is 10.3 Å². The first-order valence-corrected chi connectivity index (χ1v) is 7.12. The Morgan fingerprint density at radius 1 is 0.950 bits per heavy atom. The number of methoxy groups -OCH3 is 2. The van der Waals surface area contributed by atoms with E-state index in [0.29, 0.717) is 0 Å². The van der Waals surface area contributed by atoms with Crippen LogP contribution in [0.4, 0.5) is 0 Å². The maximum absolute atomic E-state index is 5.34. The molecule has 3 aromatic rings. The van der Waals surface area contributed by atoms with E-state index in [9.17, 15) is 0 Å². The maximum atomic E-state index is 5.34. The Kier molecular flexibility index (Phi) is 3.32. The predicted octanol–water partition coefficient (Wildman–Crippen LogP) is 4.29. The number of hydrogen-bond acceptors (Lipinski definition) is 4. The average molecular weight is 285 g/mol. The summed E-state index contributed by atoms with van der Waals surface area (Å²) in [6, 6.07) is 12.2. The molecule has 102 valence electrons. The number of fused-ring (bicyclic) bond motifs is 1. The number of rotatable bonds is 3. The molecule has 0 spiro atoms. The zero-order valence-corrected chi connectivity index (χ0v) is 12.5. The molecule has 0 N–H and O–H groups in total. The quantitative estimate of drug-likeness (QED) is 0.719. The van der Waals surface area contributed by atoms with Crippen LogP contribution in [0, 0.1) is 6.92 Å². The van der Waals surface area contributed by atoms with Crippen LogP contribution in [-0.4, -0.2) is 19.2 Å². The predicted molar refractivity (Wildman–Crippen MR) is 82.9 cm³/mol. The molecule has 1 heterocycles. The highest BCUT2D eigenvalue weighted by atomic mass is 32.1. The summed E-state index contributed by atoms with van der Waals surface area (Å²) in [5.41, 5.74) is 3.33. The van der Waals surface area contributed by atoms with E-state index >= 15 is 0 Å². The smallest absolute Gasteiger partial charge is 0.161 e. The third-order valence-corrected chi connectivity index (χ3v) is 4.24. The minimum absolute atomic E-state index is 0.723. The van der Waals surface area contributed by atoms with Gasteiger partial charge in [-0.25, -0.2) is 4.98 Å². The highest BCUT2D eigenvalue weighted by molar-refractivity contribution is 7.21. The van der Waals surface area contributed by atoms with E-state index < -0.39 is 0 Å². The molecule has 0 aliphatic rings. The minimum Gasteiger partial charge on any atom is -0.493 e. The van der Waals surface area contributed by atoms with Crippen LogP contribution in [-0.2, 0) is 0 Å². The van der Waals surface area contributed by atoms with Crippen molar-refractivity contribution in [1.29, 1.82) is 0 Å². The number of hydrogen-bond donors (Lipinski definition) is 0. The molecule has 0 saturated heterocycles. The lowest BCUT2D eigenvalue weighted by Crippen LogP contribution is -1.90. The summed E-state index contributed by atoms with van der Waals surface area (Å²) < 4.78 is 11.8. The summed E-state index contributed by atoms with van der Waals surface area (Å²) in [5.74, 6) is 1.45. The second-order valence-electron chi connectivity index (χ2n) is 4.56. The average Bonchev–Trinajstić information content (AvgIpc) is 2.89. The van der Waals surface area contributed by atoms with Gasteiger partial charge in [-0.2, -0.15) is 0 Å². The van der Waals surface area contributed by atoms with Crippen molar-refractivity contribution in [3.8, 4) is 22.1 Å². The molecule has 2 aromatic carbocycles. The number of benzene rings is 2.